The molecule has 5 heteroatoms. The predicted octanol–water partition coefficient (Wildman–Crippen LogP) is 2.71. The van der Waals surface area contributed by atoms with Crippen molar-refractivity contribution in [1.29, 1.82) is 5.26 Å². The first-order valence-electron chi connectivity index (χ1n) is 6.77. The van der Waals surface area contributed by atoms with Crippen LogP contribution in [0.2, 0.25) is 0 Å². The Morgan fingerprint density at radius 2 is 1.91 bits per heavy atom. The van der Waals surface area contributed by atoms with Crippen molar-refractivity contribution in [3.8, 4) is 17.5 Å². The monoisotopic (exact) mass is 286 g/mol. The van der Waals surface area contributed by atoms with Crippen LogP contribution in [0.25, 0.3) is 27.9 Å². The van der Waals surface area contributed by atoms with E-state index in [1.165, 1.54) is 0 Å². The first kappa shape index (κ1) is 12.4. The Morgan fingerprint density at radius 3 is 2.68 bits per heavy atom. The van der Waals surface area contributed by atoms with Crippen LogP contribution in [0.3, 0.4) is 0 Å². The largest absolute Gasteiger partial charge is 0.319 e. The van der Waals surface area contributed by atoms with E-state index in [4.69, 9.17) is 5.26 Å². The minimum absolute atomic E-state index is 0.225. The summed E-state index contributed by atoms with van der Waals surface area (Å²) in [7, 11) is 0. The Hall–Kier alpha value is -3.39. The summed E-state index contributed by atoms with van der Waals surface area (Å²) in [6, 6.07) is 17.0. The summed E-state index contributed by atoms with van der Waals surface area (Å²) in [5.41, 5.74) is 3.12. The molecule has 0 amide bonds. The van der Waals surface area contributed by atoms with E-state index >= 15 is 0 Å². The molecule has 0 saturated carbocycles. The Balaban J connectivity index is 2.17. The fourth-order valence-corrected chi connectivity index (χ4v) is 2.63. The average Bonchev–Trinajstić information content (AvgIpc) is 3.01. The fraction of sp³-hybridized carbons (Fsp3) is 0. The Kier molecular flexibility index (Phi) is 2.57. The average molecular weight is 286 g/mol. The number of aromatic amines is 1. The van der Waals surface area contributed by atoms with Crippen molar-refractivity contribution in [1.82, 2.24) is 14.4 Å². The van der Waals surface area contributed by atoms with Crippen LogP contribution in [0.5, 0.6) is 0 Å². The first-order valence-corrected chi connectivity index (χ1v) is 6.77. The van der Waals surface area contributed by atoms with Crippen molar-refractivity contribution in [3.63, 3.8) is 0 Å². The highest BCUT2D eigenvalue weighted by atomic mass is 16.1. The van der Waals surface area contributed by atoms with Gasteiger partial charge in [0, 0.05) is 5.56 Å². The zero-order valence-corrected chi connectivity index (χ0v) is 11.4. The van der Waals surface area contributed by atoms with Gasteiger partial charge in [-0.05, 0) is 18.2 Å². The lowest BCUT2D eigenvalue weighted by atomic mass is 10.2. The normalized spacial score (nSPS) is 10.9. The minimum Gasteiger partial charge on any atom is -0.319 e. The highest BCUT2D eigenvalue weighted by Gasteiger charge is 2.12. The third-order valence-electron chi connectivity index (χ3n) is 3.64. The topological polar surface area (TPSA) is 73.9 Å². The molecule has 0 aliphatic rings. The number of benzene rings is 2. The number of nitrogens with one attached hydrogen (secondary N) is 1. The zero-order chi connectivity index (χ0) is 15.1. The van der Waals surface area contributed by atoms with Gasteiger partial charge in [0.2, 0.25) is 0 Å². The number of aromatic nitrogens is 3. The van der Waals surface area contributed by atoms with Crippen molar-refractivity contribution >= 4 is 16.6 Å². The number of rotatable bonds is 1. The van der Waals surface area contributed by atoms with Crippen molar-refractivity contribution in [3.05, 3.63) is 70.6 Å². The van der Waals surface area contributed by atoms with Gasteiger partial charge < -0.3 is 4.98 Å². The van der Waals surface area contributed by atoms with Crippen LogP contribution in [0.1, 0.15) is 5.56 Å². The van der Waals surface area contributed by atoms with E-state index in [1.54, 1.807) is 18.3 Å². The second kappa shape index (κ2) is 4.57. The Bertz CT molecular complexity index is 1100. The van der Waals surface area contributed by atoms with Gasteiger partial charge in [-0.1, -0.05) is 30.3 Å². The maximum atomic E-state index is 12.2. The summed E-state index contributed by atoms with van der Waals surface area (Å²) in [6.45, 7) is 0. The van der Waals surface area contributed by atoms with Crippen LogP contribution in [0, 0.1) is 11.3 Å². The van der Waals surface area contributed by atoms with Gasteiger partial charge in [-0.2, -0.15) is 5.26 Å². The van der Waals surface area contributed by atoms with Crippen LogP contribution in [0.15, 0.2) is 59.5 Å². The maximum absolute atomic E-state index is 12.2. The number of hydrogen-bond acceptors (Lipinski definition) is 3. The van der Waals surface area contributed by atoms with Gasteiger partial charge in [-0.25, -0.2) is 4.98 Å². The van der Waals surface area contributed by atoms with Gasteiger partial charge in [0.25, 0.3) is 5.56 Å². The third kappa shape index (κ3) is 1.71. The van der Waals surface area contributed by atoms with Crippen molar-refractivity contribution in [2.75, 3.05) is 0 Å². The molecule has 0 aliphatic carbocycles. The number of imidazole rings is 1. The molecule has 0 unspecified atom stereocenters. The predicted molar refractivity (Wildman–Crippen MR) is 83.5 cm³/mol. The standard InChI is InChI=1S/C17H10N4O/c18-9-11-6-7-14-13(8-11)20-17(22)15-10-19-16(21(14)15)12-4-2-1-3-5-12/h1-8,10H,(H,20,22). The van der Waals surface area contributed by atoms with E-state index < -0.39 is 0 Å². The molecule has 4 rings (SSSR count). The Labute approximate surface area is 125 Å². The third-order valence-corrected chi connectivity index (χ3v) is 3.64. The molecule has 22 heavy (non-hydrogen) atoms. The van der Waals surface area contributed by atoms with Crippen LogP contribution in [-0.4, -0.2) is 14.4 Å². The molecular weight excluding hydrogens is 276 g/mol. The van der Waals surface area contributed by atoms with E-state index in [9.17, 15) is 4.79 Å². The Morgan fingerprint density at radius 1 is 1.09 bits per heavy atom. The van der Waals surface area contributed by atoms with Gasteiger partial charge in [0.1, 0.15) is 11.3 Å². The molecule has 0 bridgehead atoms. The number of hydrogen-bond donors (Lipinski definition) is 1. The maximum Gasteiger partial charge on any atom is 0.274 e. The van der Waals surface area contributed by atoms with Crippen LogP contribution in [-0.2, 0) is 0 Å². The molecule has 2 aromatic heterocycles. The molecule has 0 saturated heterocycles. The molecule has 0 fully saturated rings. The van der Waals surface area contributed by atoms with Gasteiger partial charge >= 0.3 is 0 Å². The van der Waals surface area contributed by atoms with Crippen LogP contribution in [0.4, 0.5) is 0 Å². The van der Waals surface area contributed by atoms with Gasteiger partial charge in [-0.3, -0.25) is 9.20 Å². The summed E-state index contributed by atoms with van der Waals surface area (Å²) in [5.74, 6) is 0.705. The van der Waals surface area contributed by atoms with Crippen molar-refractivity contribution in [2.45, 2.75) is 0 Å². The van der Waals surface area contributed by atoms with E-state index in [-0.39, 0.29) is 5.56 Å². The minimum atomic E-state index is -0.225. The lowest BCUT2D eigenvalue weighted by molar-refractivity contribution is 1.17. The second-order valence-electron chi connectivity index (χ2n) is 4.97. The molecule has 0 spiro atoms. The molecule has 4 aromatic rings. The number of fused-ring (bicyclic) bond motifs is 3. The smallest absolute Gasteiger partial charge is 0.274 e. The van der Waals surface area contributed by atoms with Gasteiger partial charge in [0.05, 0.1) is 28.9 Å². The lowest BCUT2D eigenvalue weighted by Crippen LogP contribution is -2.10. The fourth-order valence-electron chi connectivity index (χ4n) is 2.63. The molecule has 0 radical (unpaired) electrons. The summed E-state index contributed by atoms with van der Waals surface area (Å²) >= 11 is 0. The van der Waals surface area contributed by atoms with Gasteiger partial charge in [0.15, 0.2) is 0 Å². The number of nitrogens with zero attached hydrogens (tertiary/aromatic N) is 3. The molecule has 5 nitrogen and oxygen atoms in total. The summed E-state index contributed by atoms with van der Waals surface area (Å²) in [6.07, 6.45) is 1.57. The van der Waals surface area contributed by atoms with Crippen LogP contribution >= 0.6 is 0 Å². The zero-order valence-electron chi connectivity index (χ0n) is 11.4. The number of H-pyrrole nitrogens is 1. The van der Waals surface area contributed by atoms with E-state index in [0.717, 1.165) is 11.1 Å². The molecule has 0 aliphatic heterocycles. The SMILES string of the molecule is N#Cc1ccc2c(c1)[nH]c(=O)c1cnc(-c3ccccc3)n12. The second-order valence-corrected chi connectivity index (χ2v) is 4.97. The molecule has 104 valence electrons. The molecule has 0 atom stereocenters. The van der Waals surface area contributed by atoms with Crippen LogP contribution < -0.4 is 5.56 Å². The summed E-state index contributed by atoms with van der Waals surface area (Å²) < 4.78 is 1.82. The van der Waals surface area contributed by atoms with E-state index in [1.807, 2.05) is 40.8 Å². The lowest BCUT2D eigenvalue weighted by Gasteiger charge is -2.06. The van der Waals surface area contributed by atoms with Crippen molar-refractivity contribution < 1.29 is 0 Å². The highest BCUT2D eigenvalue weighted by molar-refractivity contribution is 5.82. The molecule has 2 heterocycles. The molecule has 1 N–H and O–H groups in total. The molecule has 2 aromatic carbocycles. The van der Waals surface area contributed by atoms with Crippen molar-refractivity contribution in [2.24, 2.45) is 0 Å². The molecular formula is C17H10N4O. The van der Waals surface area contributed by atoms with E-state index in [0.29, 0.717) is 22.4 Å². The first-order chi connectivity index (χ1) is 10.8. The summed E-state index contributed by atoms with van der Waals surface area (Å²) in [5, 5.41) is 9.01. The van der Waals surface area contributed by atoms with Gasteiger partial charge in [-0.15, -0.1) is 0 Å². The summed E-state index contributed by atoms with van der Waals surface area (Å²) in [4.78, 5) is 19.4. The number of nitriles is 1. The van der Waals surface area contributed by atoms with E-state index in [2.05, 4.69) is 16.0 Å². The highest BCUT2D eigenvalue weighted by Crippen LogP contribution is 2.22. The quantitative estimate of drug-likeness (QED) is 0.584.